The average molecular weight is 286 g/mol. The molecule has 19 heavy (non-hydrogen) atoms. The number of nitrogens with zero attached hydrogens (tertiary/aromatic N) is 3. The Balaban J connectivity index is 2.33. The Morgan fingerprint density at radius 2 is 2.05 bits per heavy atom. The van der Waals surface area contributed by atoms with Gasteiger partial charge in [-0.3, -0.25) is 0 Å². The second-order valence-electron chi connectivity index (χ2n) is 5.34. The monoisotopic (exact) mass is 286 g/mol. The van der Waals surface area contributed by atoms with Gasteiger partial charge in [-0.05, 0) is 12.8 Å². The Kier molecular flexibility index (Phi) is 3.98. The van der Waals surface area contributed by atoms with Crippen molar-refractivity contribution in [2.45, 2.75) is 42.7 Å². The molecule has 0 spiro atoms. The third-order valence-electron chi connectivity index (χ3n) is 4.14. The molecule has 1 fully saturated rings. The second-order valence-corrected chi connectivity index (χ2v) is 7.26. The summed E-state index contributed by atoms with van der Waals surface area (Å²) in [6, 6.07) is 0. The van der Waals surface area contributed by atoms with Crippen molar-refractivity contribution in [3.8, 4) is 0 Å². The molecule has 1 aliphatic rings. The number of nitrogens with two attached hydrogens (primary N) is 1. The molecule has 7 heteroatoms. The van der Waals surface area contributed by atoms with Crippen molar-refractivity contribution < 1.29 is 8.42 Å². The fourth-order valence-corrected chi connectivity index (χ4v) is 4.30. The van der Waals surface area contributed by atoms with E-state index in [0.29, 0.717) is 6.54 Å². The summed E-state index contributed by atoms with van der Waals surface area (Å²) in [5.74, 6) is 0. The molecule has 6 nitrogen and oxygen atoms in total. The van der Waals surface area contributed by atoms with E-state index in [-0.39, 0.29) is 5.03 Å². The molecule has 1 aliphatic carbocycles. The molecule has 0 radical (unpaired) electrons. The summed E-state index contributed by atoms with van der Waals surface area (Å²) in [7, 11) is -0.184. The van der Waals surface area contributed by atoms with E-state index in [1.54, 1.807) is 18.7 Å². The number of likely N-dealkylation sites (N-methyl/N-ethyl adjacent to an activating group) is 1. The molecule has 2 rings (SSSR count). The first-order valence-electron chi connectivity index (χ1n) is 6.59. The molecule has 0 saturated heterocycles. The predicted molar refractivity (Wildman–Crippen MR) is 73.0 cm³/mol. The van der Waals surface area contributed by atoms with Crippen LogP contribution in [0.25, 0.3) is 0 Å². The van der Waals surface area contributed by atoms with Crippen LogP contribution in [-0.2, 0) is 17.1 Å². The Bertz CT molecular complexity index is 532. The average Bonchev–Trinajstić information content (AvgIpc) is 2.86. The number of sulfonamides is 1. The minimum Gasteiger partial charge on any atom is -0.339 e. The highest BCUT2D eigenvalue weighted by Gasteiger charge is 2.42. The van der Waals surface area contributed by atoms with Crippen LogP contribution in [0.1, 0.15) is 32.1 Å². The minimum absolute atomic E-state index is 0.0934. The normalized spacial score (nSPS) is 19.8. The highest BCUT2D eigenvalue weighted by molar-refractivity contribution is 7.89. The van der Waals surface area contributed by atoms with Gasteiger partial charge in [0.05, 0.1) is 6.33 Å². The van der Waals surface area contributed by atoms with Crippen LogP contribution in [-0.4, -0.2) is 41.4 Å². The molecular formula is C12H22N4O2S. The van der Waals surface area contributed by atoms with Crippen molar-refractivity contribution in [1.82, 2.24) is 13.9 Å². The van der Waals surface area contributed by atoms with Gasteiger partial charge in [0.25, 0.3) is 10.0 Å². The van der Waals surface area contributed by atoms with Gasteiger partial charge in [-0.25, -0.2) is 13.4 Å². The van der Waals surface area contributed by atoms with Crippen molar-refractivity contribution in [2.75, 3.05) is 13.6 Å². The second kappa shape index (κ2) is 5.22. The van der Waals surface area contributed by atoms with E-state index >= 15 is 0 Å². The van der Waals surface area contributed by atoms with Gasteiger partial charge in [0, 0.05) is 32.4 Å². The molecule has 1 saturated carbocycles. The highest BCUT2D eigenvalue weighted by atomic mass is 32.2. The first-order chi connectivity index (χ1) is 8.92. The molecule has 0 aromatic carbocycles. The van der Waals surface area contributed by atoms with Gasteiger partial charge in [-0.1, -0.05) is 19.3 Å². The first-order valence-corrected chi connectivity index (χ1v) is 8.03. The zero-order valence-electron chi connectivity index (χ0n) is 11.5. The zero-order valence-corrected chi connectivity index (χ0v) is 12.4. The van der Waals surface area contributed by atoms with Crippen molar-refractivity contribution in [3.63, 3.8) is 0 Å². The quantitative estimate of drug-likeness (QED) is 0.883. The van der Waals surface area contributed by atoms with Crippen LogP contribution in [0.2, 0.25) is 0 Å². The summed E-state index contributed by atoms with van der Waals surface area (Å²) in [5, 5.41) is 0.0934. The summed E-state index contributed by atoms with van der Waals surface area (Å²) in [6.07, 6.45) is 7.88. The van der Waals surface area contributed by atoms with Crippen LogP contribution in [0, 0.1) is 0 Å². The lowest BCUT2D eigenvalue weighted by atomic mass is 9.82. The molecule has 0 bridgehead atoms. The number of hydrogen-bond donors (Lipinski definition) is 1. The summed E-state index contributed by atoms with van der Waals surface area (Å²) in [6.45, 7) is 0.357. The Morgan fingerprint density at radius 1 is 1.42 bits per heavy atom. The molecule has 0 atom stereocenters. The third-order valence-corrected chi connectivity index (χ3v) is 5.99. The van der Waals surface area contributed by atoms with Gasteiger partial charge in [0.15, 0.2) is 5.03 Å². The minimum atomic E-state index is -3.57. The van der Waals surface area contributed by atoms with Crippen LogP contribution < -0.4 is 5.73 Å². The van der Waals surface area contributed by atoms with Crippen LogP contribution in [0.5, 0.6) is 0 Å². The third kappa shape index (κ3) is 2.54. The maximum absolute atomic E-state index is 12.6. The van der Waals surface area contributed by atoms with E-state index < -0.39 is 15.6 Å². The van der Waals surface area contributed by atoms with Crippen LogP contribution in [0.4, 0.5) is 0 Å². The molecule has 0 aliphatic heterocycles. The molecule has 0 amide bonds. The standard InChI is InChI=1S/C12H22N4O2S/c1-15-8-11(14-10-15)19(17,18)16(2)12(9-13)6-4-3-5-7-12/h8,10H,3-7,9,13H2,1-2H3. The number of aryl methyl sites for hydroxylation is 1. The lowest BCUT2D eigenvalue weighted by molar-refractivity contribution is 0.159. The number of aromatic nitrogens is 2. The van der Waals surface area contributed by atoms with Crippen molar-refractivity contribution in [3.05, 3.63) is 12.5 Å². The van der Waals surface area contributed by atoms with E-state index in [4.69, 9.17) is 5.73 Å². The van der Waals surface area contributed by atoms with Crippen LogP contribution in [0.15, 0.2) is 17.6 Å². The van der Waals surface area contributed by atoms with Crippen molar-refractivity contribution >= 4 is 10.0 Å². The Labute approximate surface area is 114 Å². The van der Waals surface area contributed by atoms with Gasteiger partial charge in [0.2, 0.25) is 0 Å². The first kappa shape index (κ1) is 14.5. The number of rotatable bonds is 4. The summed E-state index contributed by atoms with van der Waals surface area (Å²) in [5.41, 5.74) is 5.44. The van der Waals surface area contributed by atoms with Crippen molar-refractivity contribution in [1.29, 1.82) is 0 Å². The van der Waals surface area contributed by atoms with Gasteiger partial charge in [-0.15, -0.1) is 0 Å². The molecule has 2 N–H and O–H groups in total. The maximum Gasteiger partial charge on any atom is 0.262 e. The van der Waals surface area contributed by atoms with E-state index in [0.717, 1.165) is 32.1 Å². The molecule has 1 heterocycles. The molecule has 0 unspecified atom stereocenters. The molecule has 1 aromatic rings. The Hall–Kier alpha value is -0.920. The van der Waals surface area contributed by atoms with E-state index in [2.05, 4.69) is 4.98 Å². The lowest BCUT2D eigenvalue weighted by Crippen LogP contribution is -2.55. The van der Waals surface area contributed by atoms with Crippen LogP contribution in [0.3, 0.4) is 0 Å². The van der Waals surface area contributed by atoms with E-state index in [1.165, 1.54) is 16.8 Å². The zero-order chi connectivity index (χ0) is 14.1. The fraction of sp³-hybridized carbons (Fsp3) is 0.750. The fourth-order valence-electron chi connectivity index (χ4n) is 2.77. The predicted octanol–water partition coefficient (Wildman–Crippen LogP) is 0.702. The highest BCUT2D eigenvalue weighted by Crippen LogP contribution is 2.35. The maximum atomic E-state index is 12.6. The van der Waals surface area contributed by atoms with Gasteiger partial charge < -0.3 is 10.3 Å². The number of imidazole rings is 1. The topological polar surface area (TPSA) is 81.2 Å². The largest absolute Gasteiger partial charge is 0.339 e. The van der Waals surface area contributed by atoms with Gasteiger partial charge >= 0.3 is 0 Å². The molecule has 1 aromatic heterocycles. The number of hydrogen-bond acceptors (Lipinski definition) is 4. The Morgan fingerprint density at radius 3 is 2.53 bits per heavy atom. The van der Waals surface area contributed by atoms with Gasteiger partial charge in [-0.2, -0.15) is 4.31 Å². The van der Waals surface area contributed by atoms with Crippen molar-refractivity contribution in [2.24, 2.45) is 12.8 Å². The van der Waals surface area contributed by atoms with E-state index in [1.807, 2.05) is 0 Å². The smallest absolute Gasteiger partial charge is 0.262 e. The van der Waals surface area contributed by atoms with Crippen LogP contribution >= 0.6 is 0 Å². The summed E-state index contributed by atoms with van der Waals surface area (Å²) in [4.78, 5) is 3.96. The van der Waals surface area contributed by atoms with Gasteiger partial charge in [0.1, 0.15) is 0 Å². The molecular weight excluding hydrogens is 264 g/mol. The summed E-state index contributed by atoms with van der Waals surface area (Å²) >= 11 is 0. The lowest BCUT2D eigenvalue weighted by Gasteiger charge is -2.42. The molecule has 108 valence electrons. The SMILES string of the molecule is CN(C1(CN)CCCCC1)S(=O)(=O)c1cn(C)cn1. The summed E-state index contributed by atoms with van der Waals surface area (Å²) < 4.78 is 28.3. The van der Waals surface area contributed by atoms with E-state index in [9.17, 15) is 8.42 Å².